The van der Waals surface area contributed by atoms with E-state index in [1.807, 2.05) is 43.6 Å². The molecule has 0 fully saturated rings. The minimum atomic E-state index is -0.236. The third-order valence-electron chi connectivity index (χ3n) is 2.77. The van der Waals surface area contributed by atoms with Crippen molar-refractivity contribution in [3.05, 3.63) is 35.2 Å². The average Bonchev–Trinajstić information content (AvgIpc) is 2.63. The van der Waals surface area contributed by atoms with Gasteiger partial charge in [-0.15, -0.1) is 0 Å². The van der Waals surface area contributed by atoms with Crippen molar-refractivity contribution in [1.82, 2.24) is 4.57 Å². The van der Waals surface area contributed by atoms with Crippen molar-refractivity contribution in [2.45, 2.75) is 40.7 Å². The molecular weight excluding hydrogens is 214 g/mol. The van der Waals surface area contributed by atoms with Gasteiger partial charge in [0.25, 0.3) is 0 Å². The Morgan fingerprint density at radius 3 is 2.71 bits per heavy atom. The van der Waals surface area contributed by atoms with Crippen molar-refractivity contribution >= 4 is 5.97 Å². The smallest absolute Gasteiger partial charge is 0.354 e. The zero-order valence-electron chi connectivity index (χ0n) is 11.1. The van der Waals surface area contributed by atoms with Gasteiger partial charge in [-0.25, -0.2) is 4.79 Å². The third-order valence-corrected chi connectivity index (χ3v) is 2.77. The molecule has 1 heterocycles. The summed E-state index contributed by atoms with van der Waals surface area (Å²) < 4.78 is 7.11. The fraction of sp³-hybridized carbons (Fsp3) is 0.500. The number of carbonyl (C=O) groups is 1. The minimum absolute atomic E-state index is 0.236. The molecule has 0 spiro atoms. The lowest BCUT2D eigenvalue weighted by Gasteiger charge is -2.10. The maximum atomic E-state index is 11.8. The Labute approximate surface area is 103 Å². The van der Waals surface area contributed by atoms with E-state index < -0.39 is 0 Å². The van der Waals surface area contributed by atoms with Crippen LogP contribution in [0, 0.1) is 6.92 Å². The Balaban J connectivity index is 3.14. The summed E-state index contributed by atoms with van der Waals surface area (Å²) in [5.74, 6) is -0.236. The maximum absolute atomic E-state index is 11.8. The van der Waals surface area contributed by atoms with Crippen LogP contribution in [-0.2, 0) is 17.7 Å². The predicted molar refractivity (Wildman–Crippen MR) is 69.3 cm³/mol. The third kappa shape index (κ3) is 2.99. The van der Waals surface area contributed by atoms with Gasteiger partial charge >= 0.3 is 5.97 Å². The maximum Gasteiger partial charge on any atom is 0.354 e. The Bertz CT molecular complexity index is 416. The van der Waals surface area contributed by atoms with E-state index in [0.29, 0.717) is 12.3 Å². The Hall–Kier alpha value is -1.51. The lowest BCUT2D eigenvalue weighted by atomic mass is 10.2. The lowest BCUT2D eigenvalue weighted by molar-refractivity contribution is 0.0514. The van der Waals surface area contributed by atoms with Gasteiger partial charge in [0.1, 0.15) is 5.69 Å². The van der Waals surface area contributed by atoms with Crippen molar-refractivity contribution in [1.29, 1.82) is 0 Å². The largest absolute Gasteiger partial charge is 0.461 e. The van der Waals surface area contributed by atoms with Crippen LogP contribution in [-0.4, -0.2) is 17.1 Å². The fourth-order valence-electron chi connectivity index (χ4n) is 1.99. The molecule has 0 aliphatic carbocycles. The van der Waals surface area contributed by atoms with Crippen molar-refractivity contribution in [2.75, 3.05) is 6.61 Å². The van der Waals surface area contributed by atoms with E-state index in [1.54, 1.807) is 0 Å². The van der Waals surface area contributed by atoms with Crippen molar-refractivity contribution in [3.63, 3.8) is 0 Å². The van der Waals surface area contributed by atoms with Crippen molar-refractivity contribution in [3.8, 4) is 0 Å². The number of carbonyl (C=O) groups excluding carboxylic acids is 1. The van der Waals surface area contributed by atoms with Crippen LogP contribution >= 0.6 is 0 Å². The normalized spacial score (nSPS) is 11.1. The standard InChI is InChI=1S/C14H21NO2/c1-5-8-9-15-12(6-2)11(4)10-13(15)14(16)17-7-3/h5,8,10H,6-7,9H2,1-4H3. The second-order valence-electron chi connectivity index (χ2n) is 3.91. The van der Waals surface area contributed by atoms with Gasteiger partial charge in [0, 0.05) is 12.2 Å². The van der Waals surface area contributed by atoms with Crippen LogP contribution in [0.5, 0.6) is 0 Å². The fourth-order valence-corrected chi connectivity index (χ4v) is 1.99. The molecule has 0 unspecified atom stereocenters. The van der Waals surface area contributed by atoms with Crippen LogP contribution in [0.4, 0.5) is 0 Å². The number of hydrogen-bond acceptors (Lipinski definition) is 2. The Morgan fingerprint density at radius 1 is 1.47 bits per heavy atom. The van der Waals surface area contributed by atoms with E-state index in [4.69, 9.17) is 4.74 Å². The summed E-state index contributed by atoms with van der Waals surface area (Å²) in [7, 11) is 0. The van der Waals surface area contributed by atoms with Gasteiger partial charge in [0.05, 0.1) is 6.61 Å². The summed E-state index contributed by atoms with van der Waals surface area (Å²) in [4.78, 5) is 11.8. The first-order chi connectivity index (χ1) is 8.15. The van der Waals surface area contributed by atoms with E-state index >= 15 is 0 Å². The second-order valence-corrected chi connectivity index (χ2v) is 3.91. The summed E-state index contributed by atoms with van der Waals surface area (Å²) in [6, 6.07) is 1.92. The predicted octanol–water partition coefficient (Wildman–Crippen LogP) is 3.11. The van der Waals surface area contributed by atoms with Gasteiger partial charge in [-0.3, -0.25) is 0 Å². The van der Waals surface area contributed by atoms with Gasteiger partial charge < -0.3 is 9.30 Å². The number of aryl methyl sites for hydroxylation is 1. The number of hydrogen-bond donors (Lipinski definition) is 0. The molecule has 0 aromatic carbocycles. The van der Waals surface area contributed by atoms with Crippen LogP contribution in [0.1, 0.15) is 42.5 Å². The van der Waals surface area contributed by atoms with Gasteiger partial charge in [-0.2, -0.15) is 0 Å². The van der Waals surface area contributed by atoms with E-state index in [1.165, 1.54) is 5.69 Å². The molecule has 1 aromatic heterocycles. The number of ether oxygens (including phenoxy) is 1. The molecule has 0 aliphatic heterocycles. The molecule has 3 heteroatoms. The summed E-state index contributed by atoms with van der Waals surface area (Å²) >= 11 is 0. The molecule has 0 N–H and O–H groups in total. The van der Waals surface area contributed by atoms with Crippen LogP contribution in [0.25, 0.3) is 0 Å². The number of esters is 1. The SMILES string of the molecule is CC=CCn1c(C(=O)OCC)cc(C)c1CC. The molecule has 17 heavy (non-hydrogen) atoms. The zero-order valence-corrected chi connectivity index (χ0v) is 11.1. The van der Waals surface area contributed by atoms with Crippen LogP contribution in [0.2, 0.25) is 0 Å². The monoisotopic (exact) mass is 235 g/mol. The van der Waals surface area contributed by atoms with Crippen LogP contribution < -0.4 is 0 Å². The zero-order chi connectivity index (χ0) is 12.8. The number of nitrogens with zero attached hydrogens (tertiary/aromatic N) is 1. The highest BCUT2D eigenvalue weighted by molar-refractivity contribution is 5.88. The second kappa shape index (κ2) is 6.28. The van der Waals surface area contributed by atoms with Crippen molar-refractivity contribution in [2.24, 2.45) is 0 Å². The van der Waals surface area contributed by atoms with Crippen LogP contribution in [0.3, 0.4) is 0 Å². The molecule has 0 amide bonds. The molecule has 0 bridgehead atoms. The number of allylic oxidation sites excluding steroid dienone is 2. The first-order valence-electron chi connectivity index (χ1n) is 6.12. The van der Waals surface area contributed by atoms with Gasteiger partial charge in [-0.05, 0) is 38.8 Å². The molecule has 0 radical (unpaired) electrons. The minimum Gasteiger partial charge on any atom is -0.461 e. The van der Waals surface area contributed by atoms with E-state index in [-0.39, 0.29) is 5.97 Å². The molecule has 94 valence electrons. The average molecular weight is 235 g/mol. The molecule has 0 saturated heterocycles. The van der Waals surface area contributed by atoms with Crippen molar-refractivity contribution < 1.29 is 9.53 Å². The highest BCUT2D eigenvalue weighted by atomic mass is 16.5. The number of aromatic nitrogens is 1. The Morgan fingerprint density at radius 2 is 2.18 bits per heavy atom. The highest BCUT2D eigenvalue weighted by Crippen LogP contribution is 2.17. The number of rotatable bonds is 5. The topological polar surface area (TPSA) is 31.2 Å². The molecule has 0 atom stereocenters. The summed E-state index contributed by atoms with van der Waals surface area (Å²) in [5, 5.41) is 0. The molecule has 1 rings (SSSR count). The molecular formula is C14H21NO2. The van der Waals surface area contributed by atoms with E-state index in [9.17, 15) is 4.79 Å². The summed E-state index contributed by atoms with van der Waals surface area (Å²) in [6.07, 6.45) is 4.95. The van der Waals surface area contributed by atoms with Crippen LogP contribution in [0.15, 0.2) is 18.2 Å². The molecule has 1 aromatic rings. The quantitative estimate of drug-likeness (QED) is 0.580. The van der Waals surface area contributed by atoms with E-state index in [0.717, 1.165) is 18.5 Å². The summed E-state index contributed by atoms with van der Waals surface area (Å²) in [6.45, 7) is 9.07. The first-order valence-corrected chi connectivity index (χ1v) is 6.12. The molecule has 0 saturated carbocycles. The molecule has 3 nitrogen and oxygen atoms in total. The highest BCUT2D eigenvalue weighted by Gasteiger charge is 2.17. The van der Waals surface area contributed by atoms with E-state index in [2.05, 4.69) is 6.92 Å². The molecule has 0 aliphatic rings. The Kier molecular flexibility index (Phi) is 5.01. The summed E-state index contributed by atoms with van der Waals surface area (Å²) in [5.41, 5.74) is 3.01. The van der Waals surface area contributed by atoms with Gasteiger partial charge in [0.15, 0.2) is 0 Å². The van der Waals surface area contributed by atoms with Gasteiger partial charge in [0.2, 0.25) is 0 Å². The van der Waals surface area contributed by atoms with Gasteiger partial charge in [-0.1, -0.05) is 19.1 Å². The first kappa shape index (κ1) is 13.6. The lowest BCUT2D eigenvalue weighted by Crippen LogP contribution is -2.13.